The molecule has 2 aromatic rings. The lowest BCUT2D eigenvalue weighted by Crippen LogP contribution is -2.48. The number of hydrogen-bond donors (Lipinski definition) is 1. The highest BCUT2D eigenvalue weighted by molar-refractivity contribution is 5.64. The molecule has 0 radical (unpaired) electrons. The second-order valence-corrected chi connectivity index (χ2v) is 8.18. The molecule has 0 aliphatic rings. The highest BCUT2D eigenvalue weighted by Gasteiger charge is 2.20. The molecule has 5 nitrogen and oxygen atoms in total. The van der Waals surface area contributed by atoms with Crippen LogP contribution in [-0.4, -0.2) is 84.8 Å². The molecule has 178 valence electrons. The normalized spacial score (nSPS) is 12.6. The van der Waals surface area contributed by atoms with Crippen molar-refractivity contribution in [2.24, 2.45) is 0 Å². The number of nitrogens with zero attached hydrogens (tertiary/aromatic N) is 3. The van der Waals surface area contributed by atoms with Gasteiger partial charge in [0.2, 0.25) is 0 Å². The molecule has 2 aromatic carbocycles. The van der Waals surface area contributed by atoms with Gasteiger partial charge in [0.15, 0.2) is 0 Å². The fourth-order valence-corrected chi connectivity index (χ4v) is 4.10. The second-order valence-electron chi connectivity index (χ2n) is 8.18. The molecule has 5 heteroatoms. The van der Waals surface area contributed by atoms with E-state index in [1.807, 2.05) is 24.3 Å². The number of phenolic OH excluding ortho intramolecular Hbond substituents is 1. The number of phenols is 1. The fraction of sp³-hybridized carbons (Fsp3) is 0.556. The zero-order valence-corrected chi connectivity index (χ0v) is 20.8. The Bertz CT molecular complexity index is 741. The lowest BCUT2D eigenvalue weighted by Gasteiger charge is -2.34. The van der Waals surface area contributed by atoms with E-state index >= 15 is 0 Å². The van der Waals surface area contributed by atoms with E-state index in [0.29, 0.717) is 12.6 Å². The summed E-state index contributed by atoms with van der Waals surface area (Å²) in [5.41, 5.74) is 2.20. The average molecular weight is 442 g/mol. The van der Waals surface area contributed by atoms with Gasteiger partial charge in [-0.3, -0.25) is 4.90 Å². The topological polar surface area (TPSA) is 39.2 Å². The summed E-state index contributed by atoms with van der Waals surface area (Å²) in [6, 6.07) is 15.9. The number of rotatable bonds is 15. The van der Waals surface area contributed by atoms with Crippen molar-refractivity contribution in [3.8, 4) is 22.6 Å². The largest absolute Gasteiger partial charge is 0.508 e. The van der Waals surface area contributed by atoms with Crippen LogP contribution in [0.15, 0.2) is 48.5 Å². The average Bonchev–Trinajstić information content (AvgIpc) is 2.83. The minimum Gasteiger partial charge on any atom is -0.508 e. The van der Waals surface area contributed by atoms with Crippen molar-refractivity contribution < 1.29 is 9.84 Å². The van der Waals surface area contributed by atoms with E-state index in [-0.39, 0.29) is 5.75 Å². The number of hydrogen-bond acceptors (Lipinski definition) is 5. The number of aromatic hydroxyl groups is 1. The van der Waals surface area contributed by atoms with Crippen LogP contribution in [0.5, 0.6) is 11.5 Å². The molecule has 0 spiro atoms. The van der Waals surface area contributed by atoms with E-state index < -0.39 is 0 Å². The minimum absolute atomic E-state index is 0.286. The summed E-state index contributed by atoms with van der Waals surface area (Å²) in [7, 11) is 0. The van der Waals surface area contributed by atoms with E-state index in [0.717, 1.165) is 69.2 Å². The van der Waals surface area contributed by atoms with E-state index in [9.17, 15) is 5.11 Å². The molecule has 0 aliphatic heterocycles. The quantitative estimate of drug-likeness (QED) is 0.429. The van der Waals surface area contributed by atoms with Gasteiger partial charge in [0.25, 0.3) is 0 Å². The van der Waals surface area contributed by atoms with E-state index in [4.69, 9.17) is 4.74 Å². The van der Waals surface area contributed by atoms with Crippen LogP contribution in [-0.2, 0) is 0 Å². The van der Waals surface area contributed by atoms with Gasteiger partial charge in [-0.05, 0) is 68.1 Å². The van der Waals surface area contributed by atoms with Gasteiger partial charge >= 0.3 is 0 Å². The van der Waals surface area contributed by atoms with E-state index in [1.54, 1.807) is 12.1 Å². The molecule has 0 unspecified atom stereocenters. The summed E-state index contributed by atoms with van der Waals surface area (Å²) < 4.78 is 6.26. The third-order valence-corrected chi connectivity index (χ3v) is 6.37. The van der Waals surface area contributed by atoms with Crippen molar-refractivity contribution in [2.45, 2.75) is 40.7 Å². The summed E-state index contributed by atoms with van der Waals surface area (Å²) in [5, 5.41) is 9.49. The molecule has 32 heavy (non-hydrogen) atoms. The first kappa shape index (κ1) is 26.2. The lowest BCUT2D eigenvalue weighted by atomic mass is 10.1. The molecule has 0 bridgehead atoms. The Morgan fingerprint density at radius 2 is 1.19 bits per heavy atom. The first-order chi connectivity index (χ1) is 15.5. The maximum absolute atomic E-state index is 9.49. The monoisotopic (exact) mass is 441 g/mol. The van der Waals surface area contributed by atoms with Crippen LogP contribution in [0.25, 0.3) is 11.1 Å². The highest BCUT2D eigenvalue weighted by atomic mass is 16.5. The van der Waals surface area contributed by atoms with Gasteiger partial charge in [0, 0.05) is 19.6 Å². The molecule has 2 rings (SSSR count). The maximum atomic E-state index is 9.49. The van der Waals surface area contributed by atoms with Crippen LogP contribution in [0.1, 0.15) is 34.6 Å². The van der Waals surface area contributed by atoms with Gasteiger partial charge in [0.05, 0.1) is 6.04 Å². The SMILES string of the molecule is CCN(CC)CCN(CC)C[C@H](COc1ccc(-c2ccc(O)cc2)cc1)N(CC)CC. The zero-order valence-electron chi connectivity index (χ0n) is 20.8. The van der Waals surface area contributed by atoms with Crippen molar-refractivity contribution in [1.82, 2.24) is 14.7 Å². The molecule has 0 amide bonds. The highest BCUT2D eigenvalue weighted by Crippen LogP contribution is 2.24. The standard InChI is InChI=1S/C27H43N3O2/c1-6-28(7-2)19-20-29(8-3)21-25(30(9-4)10-5)22-32-27-17-13-24(14-18-27)23-11-15-26(31)16-12-23/h11-18,25,31H,6-10,19-22H2,1-5H3/t25-/m1/s1. The maximum Gasteiger partial charge on any atom is 0.119 e. The summed E-state index contributed by atoms with van der Waals surface area (Å²) in [6.07, 6.45) is 0. The van der Waals surface area contributed by atoms with Crippen LogP contribution in [0.2, 0.25) is 0 Å². The first-order valence-corrected chi connectivity index (χ1v) is 12.2. The van der Waals surface area contributed by atoms with Crippen LogP contribution in [0.3, 0.4) is 0 Å². The Kier molecular flexibility index (Phi) is 11.6. The fourth-order valence-electron chi connectivity index (χ4n) is 4.10. The second kappa shape index (κ2) is 14.1. The molecule has 1 atom stereocenters. The Balaban J connectivity index is 1.99. The smallest absolute Gasteiger partial charge is 0.119 e. The van der Waals surface area contributed by atoms with Gasteiger partial charge < -0.3 is 19.6 Å². The molecule has 1 N–H and O–H groups in total. The minimum atomic E-state index is 0.286. The van der Waals surface area contributed by atoms with E-state index in [1.165, 1.54) is 0 Å². The van der Waals surface area contributed by atoms with Crippen LogP contribution >= 0.6 is 0 Å². The van der Waals surface area contributed by atoms with Crippen molar-refractivity contribution in [2.75, 3.05) is 59.0 Å². The summed E-state index contributed by atoms with van der Waals surface area (Å²) >= 11 is 0. The van der Waals surface area contributed by atoms with Crippen molar-refractivity contribution in [1.29, 1.82) is 0 Å². The predicted molar refractivity (Wildman–Crippen MR) is 136 cm³/mol. The van der Waals surface area contributed by atoms with Gasteiger partial charge in [-0.2, -0.15) is 0 Å². The Labute approximate surface area is 195 Å². The molecule has 0 saturated heterocycles. The van der Waals surface area contributed by atoms with Crippen LogP contribution in [0.4, 0.5) is 0 Å². The van der Waals surface area contributed by atoms with Crippen molar-refractivity contribution in [3.63, 3.8) is 0 Å². The zero-order chi connectivity index (χ0) is 23.3. The van der Waals surface area contributed by atoms with Gasteiger partial charge in [0.1, 0.15) is 18.1 Å². The number of benzene rings is 2. The van der Waals surface area contributed by atoms with Crippen LogP contribution in [0, 0.1) is 0 Å². The van der Waals surface area contributed by atoms with Crippen molar-refractivity contribution >= 4 is 0 Å². The summed E-state index contributed by atoms with van der Waals surface area (Å²) in [5.74, 6) is 1.19. The molecular weight excluding hydrogens is 398 g/mol. The molecule has 0 fully saturated rings. The Morgan fingerprint density at radius 3 is 1.69 bits per heavy atom. The number of likely N-dealkylation sites (N-methyl/N-ethyl adjacent to an activating group) is 3. The predicted octanol–water partition coefficient (Wildman–Crippen LogP) is 4.81. The Morgan fingerprint density at radius 1 is 0.688 bits per heavy atom. The molecule has 0 saturated carbocycles. The first-order valence-electron chi connectivity index (χ1n) is 12.2. The molecule has 0 aliphatic carbocycles. The van der Waals surface area contributed by atoms with Gasteiger partial charge in [-0.15, -0.1) is 0 Å². The molecule has 0 aromatic heterocycles. The molecular formula is C27H43N3O2. The van der Waals surface area contributed by atoms with Gasteiger partial charge in [-0.25, -0.2) is 0 Å². The molecule has 0 heterocycles. The third-order valence-electron chi connectivity index (χ3n) is 6.37. The Hall–Kier alpha value is -2.08. The summed E-state index contributed by atoms with van der Waals surface area (Å²) in [6.45, 7) is 20.4. The van der Waals surface area contributed by atoms with Crippen LogP contribution < -0.4 is 4.74 Å². The van der Waals surface area contributed by atoms with Gasteiger partial charge in [-0.1, -0.05) is 58.9 Å². The lowest BCUT2D eigenvalue weighted by molar-refractivity contribution is 0.100. The van der Waals surface area contributed by atoms with Crippen molar-refractivity contribution in [3.05, 3.63) is 48.5 Å². The van der Waals surface area contributed by atoms with E-state index in [2.05, 4.69) is 61.5 Å². The third kappa shape index (κ3) is 8.12. The number of ether oxygens (including phenoxy) is 1. The summed E-state index contributed by atoms with van der Waals surface area (Å²) in [4.78, 5) is 7.55.